The van der Waals surface area contributed by atoms with E-state index in [-0.39, 0.29) is 0 Å². The van der Waals surface area contributed by atoms with E-state index in [0.717, 1.165) is 13.4 Å². The number of para-hydroxylation sites is 4. The van der Waals surface area contributed by atoms with E-state index in [2.05, 4.69) is 203 Å². The molecule has 0 amide bonds. The van der Waals surface area contributed by atoms with Crippen molar-refractivity contribution in [2.75, 3.05) is 0 Å². The molecular weight excluding hydrogens is 796 g/mol. The summed E-state index contributed by atoms with van der Waals surface area (Å²) in [4.78, 5) is 3.38. The van der Waals surface area contributed by atoms with Gasteiger partial charge < -0.3 is 9.55 Å². The fourth-order valence-corrected chi connectivity index (χ4v) is 8.08. The maximum atomic E-state index is 3.68. The summed E-state index contributed by atoms with van der Waals surface area (Å²) in [6.07, 6.45) is 0. The molecule has 0 saturated carbocycles. The second kappa shape index (κ2) is 13.7. The number of rotatable bonds is 1. The van der Waals surface area contributed by atoms with Gasteiger partial charge in [-0.15, -0.1) is 0 Å². The maximum absolute atomic E-state index is 3.68. The predicted octanol–water partition coefficient (Wildman–Crippen LogP) is 14.4. The molecular formula is C44H29Br3N2. The number of nitrogens with zero attached hydrogens (tertiary/aromatic N) is 1. The van der Waals surface area contributed by atoms with Crippen LogP contribution in [0.1, 0.15) is 0 Å². The van der Waals surface area contributed by atoms with Crippen molar-refractivity contribution in [2.45, 2.75) is 0 Å². The highest BCUT2D eigenvalue weighted by molar-refractivity contribution is 9.11. The van der Waals surface area contributed by atoms with E-state index in [4.69, 9.17) is 0 Å². The monoisotopic (exact) mass is 822 g/mol. The summed E-state index contributed by atoms with van der Waals surface area (Å²) in [5, 5.41) is 10.2. The average Bonchev–Trinajstić information content (AvgIpc) is 3.70. The second-order valence-electron chi connectivity index (χ2n) is 11.8. The van der Waals surface area contributed by atoms with Gasteiger partial charge >= 0.3 is 0 Å². The largest absolute Gasteiger partial charge is 0.355 e. The third kappa shape index (κ3) is 5.97. The number of aromatic amines is 1. The van der Waals surface area contributed by atoms with Gasteiger partial charge in [-0.05, 0) is 64.7 Å². The summed E-state index contributed by atoms with van der Waals surface area (Å²) in [7, 11) is 0. The zero-order valence-corrected chi connectivity index (χ0v) is 31.0. The number of benzene rings is 8. The zero-order chi connectivity index (χ0) is 33.3. The number of halogens is 3. The Bertz CT molecular complexity index is 2630. The van der Waals surface area contributed by atoms with Crippen molar-refractivity contribution in [3.8, 4) is 5.69 Å². The number of aromatic nitrogens is 2. The van der Waals surface area contributed by atoms with Gasteiger partial charge in [-0.25, -0.2) is 0 Å². The van der Waals surface area contributed by atoms with Crippen molar-refractivity contribution in [1.82, 2.24) is 9.55 Å². The Labute approximate surface area is 309 Å². The van der Waals surface area contributed by atoms with Crippen molar-refractivity contribution in [1.29, 1.82) is 0 Å². The molecule has 8 aromatic carbocycles. The summed E-state index contributed by atoms with van der Waals surface area (Å²) < 4.78 is 5.78. The van der Waals surface area contributed by atoms with Crippen molar-refractivity contribution in [2.24, 2.45) is 0 Å². The highest BCUT2D eigenvalue weighted by Crippen LogP contribution is 2.36. The van der Waals surface area contributed by atoms with Crippen LogP contribution < -0.4 is 0 Å². The molecule has 10 rings (SSSR count). The van der Waals surface area contributed by atoms with Crippen LogP contribution in [-0.2, 0) is 0 Å². The van der Waals surface area contributed by atoms with E-state index < -0.39 is 0 Å². The number of fused-ring (bicyclic) bond motifs is 8. The van der Waals surface area contributed by atoms with Crippen LogP contribution in [0.4, 0.5) is 0 Å². The quantitative estimate of drug-likeness (QED) is 0.170. The third-order valence-electron chi connectivity index (χ3n) is 8.90. The lowest BCUT2D eigenvalue weighted by Crippen LogP contribution is -1.95. The van der Waals surface area contributed by atoms with Crippen molar-refractivity contribution in [3.63, 3.8) is 0 Å². The first-order chi connectivity index (χ1) is 24.1. The van der Waals surface area contributed by atoms with E-state index in [1.54, 1.807) is 0 Å². The van der Waals surface area contributed by atoms with Crippen molar-refractivity contribution >= 4 is 113 Å². The van der Waals surface area contributed by atoms with Gasteiger partial charge in [0.05, 0.1) is 16.7 Å². The van der Waals surface area contributed by atoms with Crippen LogP contribution in [0.15, 0.2) is 183 Å². The van der Waals surface area contributed by atoms with Gasteiger partial charge in [0.1, 0.15) is 0 Å². The molecule has 0 bridgehead atoms. The Morgan fingerprint density at radius 3 is 1.10 bits per heavy atom. The minimum Gasteiger partial charge on any atom is -0.355 e. The molecule has 2 heterocycles. The fourth-order valence-electron chi connectivity index (χ4n) is 6.65. The van der Waals surface area contributed by atoms with Gasteiger partial charge in [-0.1, -0.05) is 169 Å². The highest BCUT2D eigenvalue weighted by atomic mass is 79.9. The Kier molecular flexibility index (Phi) is 8.81. The van der Waals surface area contributed by atoms with E-state index in [1.165, 1.54) is 70.8 Å². The highest BCUT2D eigenvalue weighted by Gasteiger charge is 2.14. The number of nitrogens with one attached hydrogen (secondary N) is 1. The van der Waals surface area contributed by atoms with Crippen molar-refractivity contribution < 1.29 is 0 Å². The first-order valence-electron chi connectivity index (χ1n) is 16.0. The maximum Gasteiger partial charge on any atom is 0.0541 e. The minimum atomic E-state index is 1.13. The third-order valence-corrected chi connectivity index (χ3v) is 11.0. The summed E-state index contributed by atoms with van der Waals surface area (Å²) in [5.74, 6) is 0. The molecule has 0 aliphatic rings. The lowest BCUT2D eigenvalue weighted by atomic mass is 10.1. The van der Waals surface area contributed by atoms with E-state index in [1.807, 2.05) is 24.3 Å². The summed E-state index contributed by atoms with van der Waals surface area (Å²) in [6, 6.07) is 59.3. The van der Waals surface area contributed by atoms with Crippen LogP contribution in [0.2, 0.25) is 0 Å². The van der Waals surface area contributed by atoms with Crippen LogP contribution in [-0.4, -0.2) is 9.55 Å². The van der Waals surface area contributed by atoms with Gasteiger partial charge in [0, 0.05) is 51.4 Å². The standard InChI is InChI=1S/C22H14BrN.C12H9N.C10H6Br2/c23-19-13-14-22(16-8-2-1-7-15(16)19)24-20-11-5-3-9-17(20)18-10-4-6-12-21(18)24;1-3-7-11-9(5-1)10-6-2-4-8-12(10)13-11;11-9-5-6-10(12)8-4-2-1-3-7(8)9/h1-14H;1-8,13H;1-6H. The average molecular weight is 825 g/mol. The van der Waals surface area contributed by atoms with E-state index in [9.17, 15) is 0 Å². The van der Waals surface area contributed by atoms with Crippen LogP contribution in [0.25, 0.3) is 70.8 Å². The molecule has 0 radical (unpaired) electrons. The molecule has 0 aliphatic carbocycles. The second-order valence-corrected chi connectivity index (χ2v) is 14.3. The molecule has 2 nitrogen and oxygen atoms in total. The molecule has 0 unspecified atom stereocenters. The topological polar surface area (TPSA) is 20.7 Å². The van der Waals surface area contributed by atoms with Gasteiger partial charge in [0.25, 0.3) is 0 Å². The molecule has 236 valence electrons. The molecule has 10 aromatic rings. The molecule has 1 N–H and O–H groups in total. The van der Waals surface area contributed by atoms with Crippen LogP contribution in [0, 0.1) is 0 Å². The lowest BCUT2D eigenvalue weighted by Gasteiger charge is -2.12. The van der Waals surface area contributed by atoms with Crippen LogP contribution in [0.5, 0.6) is 0 Å². The smallest absolute Gasteiger partial charge is 0.0541 e. The first kappa shape index (κ1) is 31.6. The Hall–Kier alpha value is -4.68. The number of hydrogen-bond acceptors (Lipinski definition) is 0. The molecule has 0 spiro atoms. The molecule has 0 aliphatic heterocycles. The number of hydrogen-bond donors (Lipinski definition) is 1. The summed E-state index contributed by atoms with van der Waals surface area (Å²) >= 11 is 10.7. The van der Waals surface area contributed by atoms with E-state index in [0.29, 0.717) is 0 Å². The van der Waals surface area contributed by atoms with Crippen molar-refractivity contribution in [3.05, 3.63) is 183 Å². The summed E-state index contributed by atoms with van der Waals surface area (Å²) in [5.41, 5.74) is 6.12. The molecule has 2 aromatic heterocycles. The summed E-state index contributed by atoms with van der Waals surface area (Å²) in [6.45, 7) is 0. The van der Waals surface area contributed by atoms with Gasteiger partial charge in [0.2, 0.25) is 0 Å². The molecule has 0 atom stereocenters. The van der Waals surface area contributed by atoms with E-state index >= 15 is 0 Å². The van der Waals surface area contributed by atoms with Crippen LogP contribution >= 0.6 is 47.8 Å². The Balaban J connectivity index is 0.000000117. The fraction of sp³-hybridized carbons (Fsp3) is 0. The van der Waals surface area contributed by atoms with Crippen LogP contribution in [0.3, 0.4) is 0 Å². The number of H-pyrrole nitrogens is 1. The first-order valence-corrected chi connectivity index (χ1v) is 18.4. The minimum absolute atomic E-state index is 1.13. The SMILES string of the molecule is Brc1ccc(-n2c3ccccc3c3ccccc32)c2ccccc12.Brc1ccc(Br)c2ccccc12.c1ccc2c(c1)[nH]c1ccccc12. The molecule has 49 heavy (non-hydrogen) atoms. The predicted molar refractivity (Wildman–Crippen MR) is 221 cm³/mol. The molecule has 5 heteroatoms. The normalized spacial score (nSPS) is 11.2. The lowest BCUT2D eigenvalue weighted by molar-refractivity contribution is 1.20. The Morgan fingerprint density at radius 1 is 0.306 bits per heavy atom. The zero-order valence-electron chi connectivity index (χ0n) is 26.2. The molecule has 0 saturated heterocycles. The van der Waals surface area contributed by atoms with Gasteiger partial charge in [0.15, 0.2) is 0 Å². The Morgan fingerprint density at radius 2 is 0.633 bits per heavy atom. The van der Waals surface area contributed by atoms with Gasteiger partial charge in [-0.3, -0.25) is 0 Å². The molecule has 0 fully saturated rings. The van der Waals surface area contributed by atoms with Gasteiger partial charge in [-0.2, -0.15) is 0 Å².